The predicted molar refractivity (Wildman–Crippen MR) is 110 cm³/mol. The Balaban J connectivity index is 1.87. The Morgan fingerprint density at radius 2 is 1.63 bits per heavy atom. The Labute approximate surface area is 161 Å². The summed E-state index contributed by atoms with van der Waals surface area (Å²) in [5.41, 5.74) is 6.97. The molecule has 0 aliphatic heterocycles. The lowest BCUT2D eigenvalue weighted by Crippen LogP contribution is -2.13. The number of nitrogens with zero attached hydrogens (tertiary/aromatic N) is 1. The fourth-order valence-corrected chi connectivity index (χ4v) is 3.35. The highest BCUT2D eigenvalue weighted by Crippen LogP contribution is 2.27. The number of rotatable bonds is 3. The second kappa shape index (κ2) is 7.15. The molecule has 0 unspecified atom stereocenters. The summed E-state index contributed by atoms with van der Waals surface area (Å²) in [6, 6.07) is 13.9. The SMILES string of the molecule is Cc1cc(C(=O)OCc2c(C)cc(C(C)(C)C)cc2C)c2ccccc2n1. The van der Waals surface area contributed by atoms with E-state index in [9.17, 15) is 4.79 Å². The van der Waals surface area contributed by atoms with Crippen LogP contribution in [0.2, 0.25) is 0 Å². The van der Waals surface area contributed by atoms with Gasteiger partial charge < -0.3 is 4.74 Å². The first-order chi connectivity index (χ1) is 12.7. The third-order valence-electron chi connectivity index (χ3n) is 4.97. The lowest BCUT2D eigenvalue weighted by Gasteiger charge is -2.22. The van der Waals surface area contributed by atoms with E-state index in [2.05, 4.69) is 51.7 Å². The molecule has 0 aliphatic carbocycles. The number of benzene rings is 2. The van der Waals surface area contributed by atoms with Crippen LogP contribution in [0.5, 0.6) is 0 Å². The molecular formula is C24H27NO2. The number of ether oxygens (including phenoxy) is 1. The molecule has 0 N–H and O–H groups in total. The summed E-state index contributed by atoms with van der Waals surface area (Å²) in [6.45, 7) is 12.9. The normalized spacial score (nSPS) is 11.6. The molecule has 0 amide bonds. The van der Waals surface area contributed by atoms with Gasteiger partial charge >= 0.3 is 5.97 Å². The Bertz CT molecular complexity index is 990. The first-order valence-electron chi connectivity index (χ1n) is 9.31. The summed E-state index contributed by atoms with van der Waals surface area (Å²) in [5, 5.41) is 0.824. The van der Waals surface area contributed by atoms with Crippen molar-refractivity contribution in [2.24, 2.45) is 0 Å². The van der Waals surface area contributed by atoms with Gasteiger partial charge in [0.2, 0.25) is 0 Å². The molecule has 0 aliphatic rings. The van der Waals surface area contributed by atoms with E-state index in [0.29, 0.717) is 5.56 Å². The van der Waals surface area contributed by atoms with E-state index in [1.165, 1.54) is 5.56 Å². The minimum absolute atomic E-state index is 0.0954. The van der Waals surface area contributed by atoms with Crippen molar-refractivity contribution in [3.05, 3.63) is 76.0 Å². The highest BCUT2D eigenvalue weighted by molar-refractivity contribution is 6.03. The fraction of sp³-hybridized carbons (Fsp3) is 0.333. The van der Waals surface area contributed by atoms with E-state index in [0.717, 1.165) is 33.3 Å². The van der Waals surface area contributed by atoms with Gasteiger partial charge in [0.15, 0.2) is 0 Å². The van der Waals surface area contributed by atoms with Crippen LogP contribution in [0.25, 0.3) is 10.9 Å². The number of hydrogen-bond acceptors (Lipinski definition) is 3. The van der Waals surface area contributed by atoms with Gasteiger partial charge in [-0.15, -0.1) is 0 Å². The molecular weight excluding hydrogens is 334 g/mol. The zero-order valence-electron chi connectivity index (χ0n) is 17.0. The molecule has 1 aromatic heterocycles. The van der Waals surface area contributed by atoms with Gasteiger partial charge in [0.05, 0.1) is 11.1 Å². The van der Waals surface area contributed by atoms with Gasteiger partial charge in [-0.3, -0.25) is 4.98 Å². The number of para-hydroxylation sites is 1. The first kappa shape index (κ1) is 19.1. The molecule has 0 saturated carbocycles. The molecule has 3 heteroatoms. The van der Waals surface area contributed by atoms with E-state index < -0.39 is 0 Å². The largest absolute Gasteiger partial charge is 0.457 e. The highest BCUT2D eigenvalue weighted by atomic mass is 16.5. The van der Waals surface area contributed by atoms with E-state index in [-0.39, 0.29) is 18.0 Å². The van der Waals surface area contributed by atoms with Gasteiger partial charge in [-0.05, 0) is 60.6 Å². The van der Waals surface area contributed by atoms with Crippen molar-refractivity contribution in [1.29, 1.82) is 0 Å². The maximum atomic E-state index is 12.8. The maximum Gasteiger partial charge on any atom is 0.339 e. The van der Waals surface area contributed by atoms with Crippen molar-refractivity contribution >= 4 is 16.9 Å². The van der Waals surface area contributed by atoms with Crippen molar-refractivity contribution < 1.29 is 9.53 Å². The highest BCUT2D eigenvalue weighted by Gasteiger charge is 2.18. The molecule has 0 atom stereocenters. The molecule has 3 aromatic rings. The summed E-state index contributed by atoms with van der Waals surface area (Å²) in [5.74, 6) is -0.310. The molecule has 3 nitrogen and oxygen atoms in total. The van der Waals surface area contributed by atoms with Gasteiger partial charge in [0.1, 0.15) is 6.61 Å². The summed E-state index contributed by atoms with van der Waals surface area (Å²) in [4.78, 5) is 17.3. The molecule has 140 valence electrons. The van der Waals surface area contributed by atoms with Gasteiger partial charge in [-0.25, -0.2) is 4.79 Å². The number of hydrogen-bond donors (Lipinski definition) is 0. The topological polar surface area (TPSA) is 39.2 Å². The summed E-state index contributed by atoms with van der Waals surface area (Å²) in [6.07, 6.45) is 0. The van der Waals surface area contributed by atoms with Gasteiger partial charge in [-0.2, -0.15) is 0 Å². The third kappa shape index (κ3) is 4.02. The molecule has 0 bridgehead atoms. The average Bonchev–Trinajstić information content (AvgIpc) is 2.59. The van der Waals surface area contributed by atoms with Gasteiger partial charge in [-0.1, -0.05) is 51.1 Å². The molecule has 0 saturated heterocycles. The van der Waals surface area contributed by atoms with E-state index in [1.807, 2.05) is 31.2 Å². The summed E-state index contributed by atoms with van der Waals surface area (Å²) < 4.78 is 5.70. The van der Waals surface area contributed by atoms with Crippen LogP contribution in [0.15, 0.2) is 42.5 Å². The number of carbonyl (C=O) groups excluding carboxylic acids is 1. The Morgan fingerprint density at radius 1 is 1.00 bits per heavy atom. The van der Waals surface area contributed by atoms with Crippen molar-refractivity contribution in [1.82, 2.24) is 4.98 Å². The van der Waals surface area contributed by atoms with Crippen LogP contribution in [-0.2, 0) is 16.8 Å². The average molecular weight is 361 g/mol. The molecule has 0 spiro atoms. The van der Waals surface area contributed by atoms with Crippen LogP contribution < -0.4 is 0 Å². The van der Waals surface area contributed by atoms with Gasteiger partial charge in [0.25, 0.3) is 0 Å². The van der Waals surface area contributed by atoms with Crippen molar-refractivity contribution in [3.63, 3.8) is 0 Å². The minimum atomic E-state index is -0.310. The number of carbonyl (C=O) groups is 1. The monoisotopic (exact) mass is 361 g/mol. The lowest BCUT2D eigenvalue weighted by molar-refractivity contribution is 0.0473. The molecule has 27 heavy (non-hydrogen) atoms. The van der Waals surface area contributed by atoms with E-state index in [4.69, 9.17) is 4.74 Å². The number of aromatic nitrogens is 1. The first-order valence-corrected chi connectivity index (χ1v) is 9.31. The minimum Gasteiger partial charge on any atom is -0.457 e. The van der Waals surface area contributed by atoms with Crippen LogP contribution in [0.3, 0.4) is 0 Å². The zero-order chi connectivity index (χ0) is 19.8. The third-order valence-corrected chi connectivity index (χ3v) is 4.97. The van der Waals surface area contributed by atoms with E-state index in [1.54, 1.807) is 6.07 Å². The number of esters is 1. The maximum absolute atomic E-state index is 12.8. The summed E-state index contributed by atoms with van der Waals surface area (Å²) >= 11 is 0. The molecule has 0 radical (unpaired) electrons. The van der Waals surface area contributed by atoms with Crippen molar-refractivity contribution in [3.8, 4) is 0 Å². The Kier molecular flexibility index (Phi) is 5.05. The van der Waals surface area contributed by atoms with Gasteiger partial charge in [0, 0.05) is 11.1 Å². The molecule has 0 fully saturated rings. The molecule has 1 heterocycles. The Hall–Kier alpha value is -2.68. The second-order valence-electron chi connectivity index (χ2n) is 8.24. The Morgan fingerprint density at radius 3 is 2.26 bits per heavy atom. The van der Waals surface area contributed by atoms with Crippen LogP contribution >= 0.6 is 0 Å². The molecule has 3 rings (SSSR count). The van der Waals surface area contributed by atoms with Crippen LogP contribution in [0.1, 0.15) is 59.1 Å². The lowest BCUT2D eigenvalue weighted by atomic mass is 9.84. The number of aryl methyl sites for hydroxylation is 3. The van der Waals surface area contributed by atoms with Crippen molar-refractivity contribution in [2.45, 2.75) is 53.6 Å². The van der Waals surface area contributed by atoms with E-state index >= 15 is 0 Å². The van der Waals surface area contributed by atoms with Crippen molar-refractivity contribution in [2.75, 3.05) is 0 Å². The predicted octanol–water partition coefficient (Wildman–Crippen LogP) is 5.81. The van der Waals surface area contributed by atoms with Crippen LogP contribution in [0, 0.1) is 20.8 Å². The fourth-order valence-electron chi connectivity index (χ4n) is 3.35. The molecule has 2 aromatic carbocycles. The summed E-state index contributed by atoms with van der Waals surface area (Å²) in [7, 11) is 0. The van der Waals surface area contributed by atoms with Crippen LogP contribution in [0.4, 0.5) is 0 Å². The number of fused-ring (bicyclic) bond motifs is 1. The quantitative estimate of drug-likeness (QED) is 0.552. The smallest absolute Gasteiger partial charge is 0.339 e. The van der Waals surface area contributed by atoms with Crippen LogP contribution in [-0.4, -0.2) is 11.0 Å². The zero-order valence-corrected chi connectivity index (χ0v) is 17.0. The second-order valence-corrected chi connectivity index (χ2v) is 8.24. The number of pyridine rings is 1. The standard InChI is InChI=1S/C24H27NO2/c1-15-11-18(24(4,5)6)12-16(2)21(15)14-27-23(26)20-13-17(3)25-22-10-8-7-9-19(20)22/h7-13H,14H2,1-6H3.